The molecule has 106 valence electrons. The van der Waals surface area contributed by atoms with Crippen molar-refractivity contribution in [1.82, 2.24) is 15.1 Å². The average molecular weight is 269 g/mol. The average Bonchev–Trinajstić information content (AvgIpc) is 2.68. The summed E-state index contributed by atoms with van der Waals surface area (Å²) in [5.41, 5.74) is 0.0480. The number of aliphatic carboxylic acids is 1. The zero-order valence-electron chi connectivity index (χ0n) is 11.2. The molecule has 0 saturated carbocycles. The van der Waals surface area contributed by atoms with Gasteiger partial charge in [0, 0.05) is 19.6 Å². The number of urea groups is 1. The van der Waals surface area contributed by atoms with Gasteiger partial charge in [-0.1, -0.05) is 13.8 Å². The molecule has 7 nitrogen and oxygen atoms in total. The molecule has 2 heterocycles. The molecule has 2 rings (SSSR count). The summed E-state index contributed by atoms with van der Waals surface area (Å²) in [4.78, 5) is 37.7. The monoisotopic (exact) mass is 269 g/mol. The Morgan fingerprint density at radius 3 is 2.63 bits per heavy atom. The largest absolute Gasteiger partial charge is 0.480 e. The molecule has 0 aliphatic carbocycles. The second-order valence-electron chi connectivity index (χ2n) is 5.90. The summed E-state index contributed by atoms with van der Waals surface area (Å²) >= 11 is 0. The van der Waals surface area contributed by atoms with Crippen LogP contribution in [0.25, 0.3) is 0 Å². The minimum absolute atomic E-state index is 0.0306. The van der Waals surface area contributed by atoms with Gasteiger partial charge in [-0.05, 0) is 11.8 Å². The SMILES string of the molecule is CC1(C)CCN(C(=O)N2CC(=O)NCC2C(=O)O)C1. The Kier molecular flexibility index (Phi) is 3.38. The second kappa shape index (κ2) is 4.71. The molecular weight excluding hydrogens is 250 g/mol. The molecule has 0 aromatic heterocycles. The Balaban J connectivity index is 2.11. The molecule has 1 unspecified atom stereocenters. The molecule has 2 aliphatic rings. The van der Waals surface area contributed by atoms with Crippen molar-refractivity contribution in [1.29, 1.82) is 0 Å². The summed E-state index contributed by atoms with van der Waals surface area (Å²) in [5, 5.41) is 11.6. The van der Waals surface area contributed by atoms with E-state index in [1.807, 2.05) is 0 Å². The summed E-state index contributed by atoms with van der Waals surface area (Å²) in [6.45, 7) is 5.12. The van der Waals surface area contributed by atoms with E-state index in [-0.39, 0.29) is 30.4 Å². The van der Waals surface area contributed by atoms with Crippen LogP contribution in [0, 0.1) is 5.41 Å². The Morgan fingerprint density at radius 1 is 1.42 bits per heavy atom. The van der Waals surface area contributed by atoms with Gasteiger partial charge in [-0.2, -0.15) is 0 Å². The fraction of sp³-hybridized carbons (Fsp3) is 0.750. The number of piperazine rings is 1. The quantitative estimate of drug-likeness (QED) is 0.685. The van der Waals surface area contributed by atoms with Crippen molar-refractivity contribution in [2.45, 2.75) is 26.3 Å². The molecule has 0 aromatic rings. The fourth-order valence-corrected chi connectivity index (χ4v) is 2.52. The molecule has 2 fully saturated rings. The van der Waals surface area contributed by atoms with Crippen LogP contribution in [0.1, 0.15) is 20.3 Å². The predicted molar refractivity (Wildman–Crippen MR) is 66.5 cm³/mol. The van der Waals surface area contributed by atoms with Crippen LogP contribution in [0.2, 0.25) is 0 Å². The van der Waals surface area contributed by atoms with E-state index in [1.165, 1.54) is 0 Å². The minimum Gasteiger partial charge on any atom is -0.480 e. The molecule has 0 radical (unpaired) electrons. The van der Waals surface area contributed by atoms with Crippen molar-refractivity contribution in [3.63, 3.8) is 0 Å². The lowest BCUT2D eigenvalue weighted by Crippen LogP contribution is -2.61. The third-order valence-electron chi connectivity index (χ3n) is 3.66. The molecular formula is C12H19N3O4. The third kappa shape index (κ3) is 2.80. The highest BCUT2D eigenvalue weighted by molar-refractivity contribution is 5.90. The van der Waals surface area contributed by atoms with E-state index in [9.17, 15) is 14.4 Å². The maximum atomic E-state index is 12.4. The van der Waals surface area contributed by atoms with Crippen molar-refractivity contribution >= 4 is 17.9 Å². The van der Waals surface area contributed by atoms with Gasteiger partial charge in [0.25, 0.3) is 0 Å². The lowest BCUT2D eigenvalue weighted by atomic mass is 9.93. The first-order valence-corrected chi connectivity index (χ1v) is 6.35. The first-order chi connectivity index (χ1) is 8.80. The van der Waals surface area contributed by atoms with Gasteiger partial charge in [0.15, 0.2) is 0 Å². The van der Waals surface area contributed by atoms with Crippen molar-refractivity contribution in [3.8, 4) is 0 Å². The van der Waals surface area contributed by atoms with Crippen LogP contribution >= 0.6 is 0 Å². The Hall–Kier alpha value is -1.79. The van der Waals surface area contributed by atoms with Crippen LogP contribution in [-0.2, 0) is 9.59 Å². The van der Waals surface area contributed by atoms with Crippen LogP contribution in [0.3, 0.4) is 0 Å². The van der Waals surface area contributed by atoms with Crippen LogP contribution in [0.15, 0.2) is 0 Å². The molecule has 0 aromatic carbocycles. The van der Waals surface area contributed by atoms with E-state index in [1.54, 1.807) is 4.90 Å². The molecule has 7 heteroatoms. The van der Waals surface area contributed by atoms with Gasteiger partial charge in [-0.3, -0.25) is 9.69 Å². The molecule has 2 N–H and O–H groups in total. The van der Waals surface area contributed by atoms with Gasteiger partial charge in [0.05, 0.1) is 0 Å². The molecule has 1 atom stereocenters. The molecule has 2 aliphatic heterocycles. The maximum absolute atomic E-state index is 12.4. The Labute approximate surface area is 111 Å². The molecule has 2 saturated heterocycles. The van der Waals surface area contributed by atoms with Gasteiger partial charge >= 0.3 is 12.0 Å². The molecule has 0 bridgehead atoms. The van der Waals surface area contributed by atoms with E-state index in [2.05, 4.69) is 19.2 Å². The lowest BCUT2D eigenvalue weighted by molar-refractivity contribution is -0.144. The zero-order valence-corrected chi connectivity index (χ0v) is 11.2. The summed E-state index contributed by atoms with van der Waals surface area (Å²) in [6, 6.07) is -1.33. The van der Waals surface area contributed by atoms with E-state index < -0.39 is 12.0 Å². The molecule has 0 spiro atoms. The Bertz CT molecular complexity index is 421. The number of hydrogen-bond acceptors (Lipinski definition) is 3. The summed E-state index contributed by atoms with van der Waals surface area (Å²) < 4.78 is 0. The number of nitrogens with one attached hydrogen (secondary N) is 1. The van der Waals surface area contributed by atoms with Crippen molar-refractivity contribution in [2.75, 3.05) is 26.2 Å². The molecule has 3 amide bonds. The topological polar surface area (TPSA) is 90.0 Å². The van der Waals surface area contributed by atoms with Gasteiger partial charge in [-0.15, -0.1) is 0 Å². The van der Waals surface area contributed by atoms with E-state index >= 15 is 0 Å². The minimum atomic E-state index is -1.09. The van der Waals surface area contributed by atoms with E-state index in [4.69, 9.17) is 5.11 Å². The highest BCUT2D eigenvalue weighted by Gasteiger charge is 2.40. The zero-order chi connectivity index (χ0) is 14.2. The number of carbonyl (C=O) groups excluding carboxylic acids is 2. The number of carbonyl (C=O) groups is 3. The summed E-state index contributed by atoms with van der Waals surface area (Å²) in [5.74, 6) is -1.41. The normalized spacial score (nSPS) is 26.2. The van der Waals surface area contributed by atoms with Crippen molar-refractivity contribution in [3.05, 3.63) is 0 Å². The number of nitrogens with zero attached hydrogens (tertiary/aromatic N) is 2. The van der Waals surface area contributed by atoms with Crippen molar-refractivity contribution < 1.29 is 19.5 Å². The highest BCUT2D eigenvalue weighted by Crippen LogP contribution is 2.29. The predicted octanol–water partition coefficient (Wildman–Crippen LogP) is -0.277. The number of rotatable bonds is 1. The van der Waals surface area contributed by atoms with Crippen molar-refractivity contribution in [2.24, 2.45) is 5.41 Å². The van der Waals surface area contributed by atoms with Gasteiger partial charge in [0.1, 0.15) is 12.6 Å². The first kappa shape index (κ1) is 13.6. The van der Waals surface area contributed by atoms with E-state index in [0.717, 1.165) is 11.3 Å². The standard InChI is InChI=1S/C12H19N3O4/c1-12(2)3-4-14(7-12)11(19)15-6-9(16)13-5-8(15)10(17)18/h8H,3-7H2,1-2H3,(H,13,16)(H,17,18). The number of carboxylic acids is 1. The molecule has 19 heavy (non-hydrogen) atoms. The number of likely N-dealkylation sites (tertiary alicyclic amines) is 1. The Morgan fingerprint density at radius 2 is 2.11 bits per heavy atom. The van der Waals surface area contributed by atoms with Gasteiger partial charge in [0.2, 0.25) is 5.91 Å². The van der Waals surface area contributed by atoms with Crippen LogP contribution in [0.4, 0.5) is 4.79 Å². The smallest absolute Gasteiger partial charge is 0.328 e. The highest BCUT2D eigenvalue weighted by atomic mass is 16.4. The number of amides is 3. The van der Waals surface area contributed by atoms with Crippen LogP contribution in [0.5, 0.6) is 0 Å². The van der Waals surface area contributed by atoms with Gasteiger partial charge < -0.3 is 15.3 Å². The summed E-state index contributed by atoms with van der Waals surface area (Å²) in [7, 11) is 0. The fourth-order valence-electron chi connectivity index (χ4n) is 2.52. The third-order valence-corrected chi connectivity index (χ3v) is 3.66. The van der Waals surface area contributed by atoms with E-state index in [0.29, 0.717) is 13.1 Å². The summed E-state index contributed by atoms with van der Waals surface area (Å²) in [6.07, 6.45) is 0.885. The number of carboxylic acid groups (broad SMARTS) is 1. The van der Waals surface area contributed by atoms with Crippen LogP contribution in [-0.4, -0.2) is 65.0 Å². The van der Waals surface area contributed by atoms with Gasteiger partial charge in [-0.25, -0.2) is 9.59 Å². The number of hydrogen-bond donors (Lipinski definition) is 2. The van der Waals surface area contributed by atoms with Crippen LogP contribution < -0.4 is 5.32 Å². The first-order valence-electron chi connectivity index (χ1n) is 6.35. The lowest BCUT2D eigenvalue weighted by Gasteiger charge is -2.35. The second-order valence-corrected chi connectivity index (χ2v) is 5.90. The maximum Gasteiger partial charge on any atom is 0.328 e.